The van der Waals surface area contributed by atoms with Gasteiger partial charge in [0.1, 0.15) is 0 Å². The van der Waals surface area contributed by atoms with E-state index in [4.69, 9.17) is 4.74 Å². The Kier molecular flexibility index (Phi) is 7.14. The van der Waals surface area contributed by atoms with Gasteiger partial charge >= 0.3 is 0 Å². The highest BCUT2D eigenvalue weighted by Crippen LogP contribution is 2.23. The first-order chi connectivity index (χ1) is 8.09. The summed E-state index contributed by atoms with van der Waals surface area (Å²) in [7, 11) is 0. The summed E-state index contributed by atoms with van der Waals surface area (Å²) < 4.78 is 5.57. The van der Waals surface area contributed by atoms with Gasteiger partial charge in [0.2, 0.25) is 0 Å². The molecular formula is C15H31NO. The molecule has 1 saturated heterocycles. The van der Waals surface area contributed by atoms with Crippen LogP contribution in [0.4, 0.5) is 0 Å². The van der Waals surface area contributed by atoms with Crippen molar-refractivity contribution >= 4 is 0 Å². The molecular weight excluding hydrogens is 210 g/mol. The Labute approximate surface area is 108 Å². The lowest BCUT2D eigenvalue weighted by Gasteiger charge is -2.34. The second-order valence-corrected chi connectivity index (χ2v) is 5.99. The van der Waals surface area contributed by atoms with Crippen molar-refractivity contribution in [3.63, 3.8) is 0 Å². The quantitative estimate of drug-likeness (QED) is 0.630. The maximum atomic E-state index is 5.57. The van der Waals surface area contributed by atoms with Crippen LogP contribution in [0.15, 0.2) is 0 Å². The smallest absolute Gasteiger partial charge is 0.0518 e. The normalized spacial score (nSPS) is 19.4. The van der Waals surface area contributed by atoms with Crippen LogP contribution in [0.3, 0.4) is 0 Å². The molecule has 2 heteroatoms. The minimum absolute atomic E-state index is 0.393. The van der Waals surface area contributed by atoms with Crippen molar-refractivity contribution in [1.29, 1.82) is 0 Å². The summed E-state index contributed by atoms with van der Waals surface area (Å²) >= 11 is 0. The lowest BCUT2D eigenvalue weighted by Crippen LogP contribution is -2.38. The van der Waals surface area contributed by atoms with Crippen LogP contribution >= 0.6 is 0 Å². The Balaban J connectivity index is 1.99. The van der Waals surface area contributed by atoms with E-state index in [2.05, 4.69) is 32.6 Å². The van der Waals surface area contributed by atoms with Gasteiger partial charge in [-0.1, -0.05) is 12.8 Å². The zero-order chi connectivity index (χ0) is 12.7. The van der Waals surface area contributed by atoms with Gasteiger partial charge in [0.25, 0.3) is 0 Å². The lowest BCUT2D eigenvalue weighted by molar-refractivity contribution is 0.0738. The minimum atomic E-state index is 0.393. The highest BCUT2D eigenvalue weighted by molar-refractivity contribution is 4.74. The number of hydrogen-bond acceptors (Lipinski definition) is 2. The third-order valence-corrected chi connectivity index (χ3v) is 3.84. The number of nitrogens with zero attached hydrogens (tertiary/aromatic N) is 1. The van der Waals surface area contributed by atoms with Gasteiger partial charge < -0.3 is 9.64 Å². The summed E-state index contributed by atoms with van der Waals surface area (Å²) in [5, 5.41) is 0. The fraction of sp³-hybridized carbons (Fsp3) is 1.00. The van der Waals surface area contributed by atoms with E-state index in [1.807, 2.05) is 0 Å². The molecule has 102 valence electrons. The molecule has 0 amide bonds. The van der Waals surface area contributed by atoms with Crippen LogP contribution in [0.2, 0.25) is 0 Å². The Bertz CT molecular complexity index is 183. The molecule has 1 aliphatic rings. The molecule has 2 nitrogen and oxygen atoms in total. The number of rotatable bonds is 7. The Hall–Kier alpha value is -0.0800. The molecule has 0 atom stereocenters. The third kappa shape index (κ3) is 6.42. The van der Waals surface area contributed by atoms with Crippen molar-refractivity contribution in [2.75, 3.05) is 19.7 Å². The molecule has 0 spiro atoms. The minimum Gasteiger partial charge on any atom is -0.379 e. The Morgan fingerprint density at radius 1 is 1.06 bits per heavy atom. The van der Waals surface area contributed by atoms with Gasteiger partial charge in [0.05, 0.1) is 6.10 Å². The first kappa shape index (κ1) is 15.0. The topological polar surface area (TPSA) is 12.5 Å². The van der Waals surface area contributed by atoms with E-state index >= 15 is 0 Å². The van der Waals surface area contributed by atoms with Crippen LogP contribution in [0.25, 0.3) is 0 Å². The van der Waals surface area contributed by atoms with E-state index in [0.29, 0.717) is 6.10 Å². The zero-order valence-electron chi connectivity index (χ0n) is 12.2. The maximum Gasteiger partial charge on any atom is 0.0518 e. The van der Waals surface area contributed by atoms with Gasteiger partial charge in [-0.05, 0) is 66.0 Å². The number of hydrogen-bond donors (Lipinski definition) is 0. The van der Waals surface area contributed by atoms with Crippen molar-refractivity contribution in [2.24, 2.45) is 5.92 Å². The van der Waals surface area contributed by atoms with E-state index in [1.165, 1.54) is 45.2 Å². The molecule has 1 heterocycles. The summed E-state index contributed by atoms with van der Waals surface area (Å²) in [6.45, 7) is 12.4. The molecule has 0 aliphatic carbocycles. The zero-order valence-corrected chi connectivity index (χ0v) is 12.2. The van der Waals surface area contributed by atoms with Gasteiger partial charge in [-0.3, -0.25) is 0 Å². The van der Waals surface area contributed by atoms with Crippen molar-refractivity contribution in [3.05, 3.63) is 0 Å². The van der Waals surface area contributed by atoms with Crippen LogP contribution in [0, 0.1) is 5.92 Å². The number of piperidine rings is 1. The van der Waals surface area contributed by atoms with Gasteiger partial charge in [-0.15, -0.1) is 0 Å². The van der Waals surface area contributed by atoms with Crippen molar-refractivity contribution in [1.82, 2.24) is 4.90 Å². The summed E-state index contributed by atoms with van der Waals surface area (Å²) in [6, 6.07) is 0.732. The molecule has 1 fully saturated rings. The fourth-order valence-corrected chi connectivity index (χ4v) is 2.61. The Morgan fingerprint density at radius 2 is 1.71 bits per heavy atom. The summed E-state index contributed by atoms with van der Waals surface area (Å²) in [5.74, 6) is 0.976. The highest BCUT2D eigenvalue weighted by Gasteiger charge is 2.20. The van der Waals surface area contributed by atoms with Crippen molar-refractivity contribution < 1.29 is 4.74 Å². The third-order valence-electron chi connectivity index (χ3n) is 3.84. The van der Waals surface area contributed by atoms with E-state index in [0.717, 1.165) is 18.6 Å². The van der Waals surface area contributed by atoms with E-state index < -0.39 is 0 Å². The standard InChI is InChI=1S/C15H31NO/c1-13(2)16-10-8-15(9-11-16)7-5-6-12-17-14(3)4/h13-15H,5-12H2,1-4H3. The maximum absolute atomic E-state index is 5.57. The predicted molar refractivity (Wildman–Crippen MR) is 74.4 cm³/mol. The number of unbranched alkanes of at least 4 members (excludes halogenated alkanes) is 1. The fourth-order valence-electron chi connectivity index (χ4n) is 2.61. The Morgan fingerprint density at radius 3 is 2.24 bits per heavy atom. The molecule has 0 radical (unpaired) electrons. The molecule has 0 aromatic heterocycles. The first-order valence-electron chi connectivity index (χ1n) is 7.45. The SMILES string of the molecule is CC(C)OCCCCC1CCN(C(C)C)CC1. The van der Waals surface area contributed by atoms with Crippen molar-refractivity contribution in [2.45, 2.75) is 71.9 Å². The molecule has 0 N–H and O–H groups in total. The molecule has 0 bridgehead atoms. The average Bonchev–Trinajstić information content (AvgIpc) is 2.29. The number of likely N-dealkylation sites (tertiary alicyclic amines) is 1. The van der Waals surface area contributed by atoms with Crippen LogP contribution in [0.1, 0.15) is 59.8 Å². The second-order valence-electron chi connectivity index (χ2n) is 5.99. The van der Waals surface area contributed by atoms with Crippen LogP contribution < -0.4 is 0 Å². The summed E-state index contributed by atoms with van der Waals surface area (Å²) in [4.78, 5) is 2.61. The van der Waals surface area contributed by atoms with E-state index in [-0.39, 0.29) is 0 Å². The van der Waals surface area contributed by atoms with Crippen LogP contribution in [-0.4, -0.2) is 36.7 Å². The number of ether oxygens (including phenoxy) is 1. The van der Waals surface area contributed by atoms with Crippen molar-refractivity contribution in [3.8, 4) is 0 Å². The molecule has 0 aromatic carbocycles. The molecule has 17 heavy (non-hydrogen) atoms. The largest absolute Gasteiger partial charge is 0.379 e. The van der Waals surface area contributed by atoms with Crippen LogP contribution in [0.5, 0.6) is 0 Å². The highest BCUT2D eigenvalue weighted by atomic mass is 16.5. The van der Waals surface area contributed by atoms with Gasteiger partial charge in [-0.25, -0.2) is 0 Å². The molecule has 0 aromatic rings. The van der Waals surface area contributed by atoms with Gasteiger partial charge in [-0.2, -0.15) is 0 Å². The summed E-state index contributed by atoms with van der Waals surface area (Å²) in [6.07, 6.45) is 7.20. The molecule has 0 saturated carbocycles. The second kappa shape index (κ2) is 8.10. The molecule has 1 rings (SSSR count). The van der Waals surface area contributed by atoms with Gasteiger partial charge in [0.15, 0.2) is 0 Å². The van der Waals surface area contributed by atoms with E-state index in [9.17, 15) is 0 Å². The van der Waals surface area contributed by atoms with Gasteiger partial charge in [0, 0.05) is 12.6 Å². The van der Waals surface area contributed by atoms with E-state index in [1.54, 1.807) is 0 Å². The monoisotopic (exact) mass is 241 g/mol. The van der Waals surface area contributed by atoms with Crippen LogP contribution in [-0.2, 0) is 4.74 Å². The summed E-state index contributed by atoms with van der Waals surface area (Å²) in [5.41, 5.74) is 0. The lowest BCUT2D eigenvalue weighted by atomic mass is 9.91. The average molecular weight is 241 g/mol. The predicted octanol–water partition coefficient (Wildman–Crippen LogP) is 3.70. The molecule has 0 unspecified atom stereocenters. The first-order valence-corrected chi connectivity index (χ1v) is 7.45. The molecule has 1 aliphatic heterocycles.